The second kappa shape index (κ2) is 3.82. The molecule has 0 spiro atoms. The lowest BCUT2D eigenvalue weighted by atomic mass is 10.0. The average molecular weight is 220 g/mol. The second-order valence-corrected chi connectivity index (χ2v) is 4.92. The third-order valence-corrected chi connectivity index (χ3v) is 3.69. The normalized spacial score (nSPS) is 30.9. The molecule has 86 valence electrons. The molecular formula is C13H17FN2. The third kappa shape index (κ3) is 1.74. The quantitative estimate of drug-likeness (QED) is 0.826. The van der Waals surface area contributed by atoms with Gasteiger partial charge in [0.2, 0.25) is 0 Å². The number of likely N-dealkylation sites (tertiary alicyclic amines) is 1. The molecule has 1 aliphatic carbocycles. The van der Waals surface area contributed by atoms with E-state index in [9.17, 15) is 4.39 Å². The molecule has 1 saturated carbocycles. The monoisotopic (exact) mass is 220 g/mol. The SMILES string of the molecule is NC1CCN(C2CC2)C1c1cccc(F)c1. The van der Waals surface area contributed by atoms with Gasteiger partial charge in [-0.25, -0.2) is 4.39 Å². The lowest BCUT2D eigenvalue weighted by molar-refractivity contribution is 0.237. The first-order valence-electron chi connectivity index (χ1n) is 6.02. The molecule has 2 nitrogen and oxygen atoms in total. The van der Waals surface area contributed by atoms with E-state index in [4.69, 9.17) is 5.73 Å². The summed E-state index contributed by atoms with van der Waals surface area (Å²) in [6, 6.07) is 7.97. The van der Waals surface area contributed by atoms with Gasteiger partial charge in [0.1, 0.15) is 5.82 Å². The molecule has 0 bridgehead atoms. The Morgan fingerprint density at radius 1 is 1.25 bits per heavy atom. The molecule has 1 aromatic carbocycles. The number of benzene rings is 1. The highest BCUT2D eigenvalue weighted by Crippen LogP contribution is 2.40. The Morgan fingerprint density at radius 3 is 2.75 bits per heavy atom. The van der Waals surface area contributed by atoms with Gasteiger partial charge >= 0.3 is 0 Å². The molecule has 1 saturated heterocycles. The minimum Gasteiger partial charge on any atom is -0.326 e. The van der Waals surface area contributed by atoms with Crippen molar-refractivity contribution in [2.24, 2.45) is 5.73 Å². The number of hydrogen-bond donors (Lipinski definition) is 1. The van der Waals surface area contributed by atoms with Crippen LogP contribution < -0.4 is 5.73 Å². The van der Waals surface area contributed by atoms with E-state index >= 15 is 0 Å². The highest BCUT2D eigenvalue weighted by molar-refractivity contribution is 5.24. The van der Waals surface area contributed by atoms with Gasteiger partial charge in [-0.05, 0) is 37.0 Å². The maximum atomic E-state index is 13.2. The van der Waals surface area contributed by atoms with Crippen LogP contribution in [0.25, 0.3) is 0 Å². The first kappa shape index (κ1) is 10.2. The van der Waals surface area contributed by atoms with Gasteiger partial charge in [0.25, 0.3) is 0 Å². The smallest absolute Gasteiger partial charge is 0.123 e. The van der Waals surface area contributed by atoms with Gasteiger partial charge in [-0.1, -0.05) is 12.1 Å². The molecular weight excluding hydrogens is 203 g/mol. The van der Waals surface area contributed by atoms with E-state index in [-0.39, 0.29) is 17.9 Å². The van der Waals surface area contributed by atoms with Crippen LogP contribution >= 0.6 is 0 Å². The molecule has 16 heavy (non-hydrogen) atoms. The van der Waals surface area contributed by atoms with Crippen LogP contribution in [0, 0.1) is 5.82 Å². The van der Waals surface area contributed by atoms with Crippen molar-refractivity contribution in [2.45, 2.75) is 37.4 Å². The predicted octanol–water partition coefficient (Wildman–Crippen LogP) is 2.06. The fourth-order valence-corrected chi connectivity index (χ4v) is 2.79. The molecule has 0 radical (unpaired) electrons. The lowest BCUT2D eigenvalue weighted by Crippen LogP contribution is -2.33. The maximum Gasteiger partial charge on any atom is 0.123 e. The van der Waals surface area contributed by atoms with Crippen molar-refractivity contribution >= 4 is 0 Å². The lowest BCUT2D eigenvalue weighted by Gasteiger charge is -2.27. The molecule has 3 rings (SSSR count). The van der Waals surface area contributed by atoms with Crippen LogP contribution in [-0.2, 0) is 0 Å². The number of halogens is 1. The minimum atomic E-state index is -0.160. The van der Waals surface area contributed by atoms with Crippen molar-refractivity contribution in [1.82, 2.24) is 4.90 Å². The molecule has 2 N–H and O–H groups in total. The molecule has 1 heterocycles. The van der Waals surface area contributed by atoms with Crippen LogP contribution in [0.1, 0.15) is 30.9 Å². The van der Waals surface area contributed by atoms with Crippen LogP contribution in [0.15, 0.2) is 24.3 Å². The highest BCUT2D eigenvalue weighted by Gasteiger charge is 2.41. The van der Waals surface area contributed by atoms with E-state index in [0.717, 1.165) is 18.5 Å². The molecule has 2 unspecified atom stereocenters. The standard InChI is InChI=1S/C13H17FN2/c14-10-3-1-2-9(8-10)13-12(15)6-7-16(13)11-4-5-11/h1-3,8,11-13H,4-7,15H2. The summed E-state index contributed by atoms with van der Waals surface area (Å²) in [6.07, 6.45) is 3.58. The Balaban J connectivity index is 1.90. The van der Waals surface area contributed by atoms with E-state index in [1.165, 1.54) is 18.9 Å². The summed E-state index contributed by atoms with van der Waals surface area (Å²) in [5.41, 5.74) is 7.19. The first-order valence-corrected chi connectivity index (χ1v) is 6.02. The van der Waals surface area contributed by atoms with Gasteiger partial charge in [-0.15, -0.1) is 0 Å². The molecule has 2 atom stereocenters. The summed E-state index contributed by atoms with van der Waals surface area (Å²) in [6.45, 7) is 1.06. The number of nitrogens with zero attached hydrogens (tertiary/aromatic N) is 1. The Kier molecular flexibility index (Phi) is 2.45. The van der Waals surface area contributed by atoms with Crippen molar-refractivity contribution < 1.29 is 4.39 Å². The maximum absolute atomic E-state index is 13.2. The van der Waals surface area contributed by atoms with Gasteiger partial charge in [-0.2, -0.15) is 0 Å². The Hall–Kier alpha value is -0.930. The molecule has 1 aromatic rings. The molecule has 1 aliphatic heterocycles. The fraction of sp³-hybridized carbons (Fsp3) is 0.538. The van der Waals surface area contributed by atoms with Crippen LogP contribution in [0.2, 0.25) is 0 Å². The van der Waals surface area contributed by atoms with E-state index in [1.807, 2.05) is 6.07 Å². The minimum absolute atomic E-state index is 0.155. The third-order valence-electron chi connectivity index (χ3n) is 3.69. The van der Waals surface area contributed by atoms with Crippen LogP contribution in [0.5, 0.6) is 0 Å². The van der Waals surface area contributed by atoms with Crippen LogP contribution in [-0.4, -0.2) is 23.5 Å². The summed E-state index contributed by atoms with van der Waals surface area (Å²) in [5, 5.41) is 0. The first-order chi connectivity index (χ1) is 7.75. The summed E-state index contributed by atoms with van der Waals surface area (Å²) in [4.78, 5) is 2.46. The number of rotatable bonds is 2. The summed E-state index contributed by atoms with van der Waals surface area (Å²) in [7, 11) is 0. The molecule has 2 aliphatic rings. The fourth-order valence-electron chi connectivity index (χ4n) is 2.79. The molecule has 2 fully saturated rings. The van der Waals surface area contributed by atoms with Crippen molar-refractivity contribution in [3.63, 3.8) is 0 Å². The summed E-state index contributed by atoms with van der Waals surface area (Å²) >= 11 is 0. The number of hydrogen-bond acceptors (Lipinski definition) is 2. The summed E-state index contributed by atoms with van der Waals surface area (Å²) in [5.74, 6) is -0.160. The van der Waals surface area contributed by atoms with Gasteiger partial charge in [0.05, 0.1) is 6.04 Å². The Labute approximate surface area is 95.2 Å². The summed E-state index contributed by atoms with van der Waals surface area (Å²) < 4.78 is 13.2. The van der Waals surface area contributed by atoms with E-state index in [2.05, 4.69) is 4.90 Å². The Bertz CT molecular complexity index is 389. The number of nitrogens with two attached hydrogens (primary N) is 1. The predicted molar refractivity (Wildman–Crippen MR) is 61.5 cm³/mol. The zero-order chi connectivity index (χ0) is 11.1. The van der Waals surface area contributed by atoms with Gasteiger partial charge in [0.15, 0.2) is 0 Å². The molecule has 0 aromatic heterocycles. The largest absolute Gasteiger partial charge is 0.326 e. The van der Waals surface area contributed by atoms with Gasteiger partial charge in [-0.3, -0.25) is 4.90 Å². The van der Waals surface area contributed by atoms with Crippen molar-refractivity contribution in [1.29, 1.82) is 0 Å². The molecule has 0 amide bonds. The second-order valence-electron chi connectivity index (χ2n) is 4.92. The zero-order valence-corrected chi connectivity index (χ0v) is 9.27. The van der Waals surface area contributed by atoms with Gasteiger partial charge in [0, 0.05) is 18.6 Å². The average Bonchev–Trinajstić information content (AvgIpc) is 3.02. The van der Waals surface area contributed by atoms with E-state index < -0.39 is 0 Å². The van der Waals surface area contributed by atoms with Crippen molar-refractivity contribution in [3.05, 3.63) is 35.6 Å². The molecule has 3 heteroatoms. The van der Waals surface area contributed by atoms with E-state index in [1.54, 1.807) is 12.1 Å². The highest BCUT2D eigenvalue weighted by atomic mass is 19.1. The van der Waals surface area contributed by atoms with E-state index in [0.29, 0.717) is 6.04 Å². The van der Waals surface area contributed by atoms with Crippen molar-refractivity contribution in [3.8, 4) is 0 Å². The van der Waals surface area contributed by atoms with Crippen LogP contribution in [0.3, 0.4) is 0 Å². The zero-order valence-electron chi connectivity index (χ0n) is 9.27. The van der Waals surface area contributed by atoms with Gasteiger partial charge < -0.3 is 5.73 Å². The Morgan fingerprint density at radius 2 is 2.06 bits per heavy atom. The van der Waals surface area contributed by atoms with Crippen molar-refractivity contribution in [2.75, 3.05) is 6.54 Å². The van der Waals surface area contributed by atoms with Crippen LogP contribution in [0.4, 0.5) is 4.39 Å². The topological polar surface area (TPSA) is 29.3 Å².